The van der Waals surface area contributed by atoms with Crippen LogP contribution >= 0.6 is 11.6 Å². The summed E-state index contributed by atoms with van der Waals surface area (Å²) in [7, 11) is -1.97. The van der Waals surface area contributed by atoms with Crippen LogP contribution in [-0.4, -0.2) is 42.4 Å². The predicted octanol–water partition coefficient (Wildman–Crippen LogP) is 5.52. The summed E-state index contributed by atoms with van der Waals surface area (Å²) in [6.07, 6.45) is 2.86. The first kappa shape index (κ1) is 29.3. The second kappa shape index (κ2) is 11.4. The Kier molecular flexibility index (Phi) is 8.36. The van der Waals surface area contributed by atoms with Crippen LogP contribution in [0.1, 0.15) is 52.2 Å². The molecule has 1 aromatic heterocycles. The van der Waals surface area contributed by atoms with Crippen LogP contribution in [0.25, 0.3) is 0 Å². The number of anilines is 4. The second-order valence-corrected chi connectivity index (χ2v) is 13.2. The summed E-state index contributed by atoms with van der Waals surface area (Å²) in [6, 6.07) is 10.6. The number of aryl methyl sites for hydroxylation is 1. The molecule has 1 aliphatic carbocycles. The number of methoxy groups -OCH3 is 1. The minimum absolute atomic E-state index is 0.162. The third kappa shape index (κ3) is 5.90. The number of ether oxygens (including phenoxy) is 1. The lowest BCUT2D eigenvalue weighted by Crippen LogP contribution is -2.36. The summed E-state index contributed by atoms with van der Waals surface area (Å²) >= 11 is 6.40. The maximum absolute atomic E-state index is 12.9. The first-order valence-corrected chi connectivity index (χ1v) is 14.7. The van der Waals surface area contributed by atoms with Crippen LogP contribution in [0, 0.1) is 0 Å². The molecule has 4 rings (SSSR count). The van der Waals surface area contributed by atoms with E-state index in [2.05, 4.69) is 45.0 Å². The lowest BCUT2D eigenvalue weighted by Gasteiger charge is -2.34. The van der Waals surface area contributed by atoms with Crippen molar-refractivity contribution in [1.82, 2.24) is 15.4 Å². The van der Waals surface area contributed by atoms with Gasteiger partial charge in [0, 0.05) is 18.1 Å². The van der Waals surface area contributed by atoms with Crippen molar-refractivity contribution in [3.8, 4) is 5.75 Å². The van der Waals surface area contributed by atoms with Crippen molar-refractivity contribution in [2.75, 3.05) is 17.7 Å². The van der Waals surface area contributed by atoms with Crippen molar-refractivity contribution >= 4 is 56.2 Å². The largest absolute Gasteiger partial charge is 0.495 e. The van der Waals surface area contributed by atoms with E-state index in [1.54, 1.807) is 45.2 Å². The highest BCUT2D eigenvalue weighted by Gasteiger charge is 2.35. The molecule has 10 nitrogen and oxygen atoms in total. The highest BCUT2D eigenvalue weighted by Crippen LogP contribution is 2.41. The SMILES string of the molecule is COc1cc2c(cc1Nc1ncc(Cl)c(Nc3ccccc3S(=O)(=O)C(C)C)n1)CCC(=NNC(C)=O)C2(C)C. The summed E-state index contributed by atoms with van der Waals surface area (Å²) in [5.74, 6) is 0.863. The minimum Gasteiger partial charge on any atom is -0.495 e. The first-order valence-electron chi connectivity index (χ1n) is 12.8. The van der Waals surface area contributed by atoms with Crippen LogP contribution in [0.2, 0.25) is 5.02 Å². The van der Waals surface area contributed by atoms with E-state index in [0.717, 1.165) is 23.3 Å². The monoisotopic (exact) mass is 584 g/mol. The van der Waals surface area contributed by atoms with Gasteiger partial charge < -0.3 is 15.4 Å². The van der Waals surface area contributed by atoms with Gasteiger partial charge in [-0.15, -0.1) is 0 Å². The average Bonchev–Trinajstić information content (AvgIpc) is 2.89. The molecular weight excluding hydrogens is 552 g/mol. The molecule has 212 valence electrons. The molecule has 0 aliphatic heterocycles. The molecule has 1 heterocycles. The number of para-hydroxylation sites is 1. The Morgan fingerprint density at radius 3 is 2.52 bits per heavy atom. The van der Waals surface area contributed by atoms with Gasteiger partial charge in [0.05, 0.1) is 34.8 Å². The molecule has 1 amide bonds. The number of nitrogens with zero attached hydrogens (tertiary/aromatic N) is 3. The zero-order valence-electron chi connectivity index (χ0n) is 23.3. The van der Waals surface area contributed by atoms with Gasteiger partial charge in [0.1, 0.15) is 10.8 Å². The number of hydrogen-bond acceptors (Lipinski definition) is 9. The van der Waals surface area contributed by atoms with Crippen molar-refractivity contribution in [2.45, 2.75) is 63.0 Å². The number of amides is 1. The molecule has 0 atom stereocenters. The van der Waals surface area contributed by atoms with Crippen molar-refractivity contribution < 1.29 is 17.9 Å². The number of fused-ring (bicyclic) bond motifs is 1. The van der Waals surface area contributed by atoms with Gasteiger partial charge in [0.15, 0.2) is 15.7 Å². The predicted molar refractivity (Wildman–Crippen MR) is 158 cm³/mol. The Morgan fingerprint density at radius 2 is 1.85 bits per heavy atom. The normalized spacial score (nSPS) is 15.4. The van der Waals surface area contributed by atoms with E-state index < -0.39 is 20.5 Å². The van der Waals surface area contributed by atoms with Gasteiger partial charge in [-0.05, 0) is 62.1 Å². The van der Waals surface area contributed by atoms with Gasteiger partial charge >= 0.3 is 0 Å². The molecule has 0 unspecified atom stereocenters. The molecule has 0 saturated heterocycles. The van der Waals surface area contributed by atoms with E-state index >= 15 is 0 Å². The van der Waals surface area contributed by atoms with E-state index in [-0.39, 0.29) is 27.6 Å². The summed E-state index contributed by atoms with van der Waals surface area (Å²) in [5, 5.41) is 10.3. The smallest absolute Gasteiger partial charge is 0.236 e. The van der Waals surface area contributed by atoms with Crippen LogP contribution in [0.5, 0.6) is 5.75 Å². The van der Waals surface area contributed by atoms with Crippen LogP contribution < -0.4 is 20.8 Å². The maximum Gasteiger partial charge on any atom is 0.236 e. The average molecular weight is 585 g/mol. The van der Waals surface area contributed by atoms with Crippen LogP contribution in [0.15, 0.2) is 52.6 Å². The number of hydrogen-bond donors (Lipinski definition) is 3. The molecule has 2 aromatic carbocycles. The number of hydrazone groups is 1. The summed E-state index contributed by atoms with van der Waals surface area (Å²) in [6.45, 7) is 8.83. The molecule has 0 spiro atoms. The first-order chi connectivity index (χ1) is 18.8. The van der Waals surface area contributed by atoms with Crippen molar-refractivity contribution in [3.05, 3.63) is 58.7 Å². The number of halogens is 1. The molecule has 0 radical (unpaired) electrons. The summed E-state index contributed by atoms with van der Waals surface area (Å²) in [4.78, 5) is 20.4. The van der Waals surface area contributed by atoms with Gasteiger partial charge in [-0.2, -0.15) is 10.1 Å². The fraction of sp³-hybridized carbons (Fsp3) is 0.357. The molecule has 3 N–H and O–H groups in total. The zero-order chi connectivity index (χ0) is 29.2. The van der Waals surface area contributed by atoms with E-state index in [1.807, 2.05) is 12.1 Å². The van der Waals surface area contributed by atoms with Crippen molar-refractivity contribution in [1.29, 1.82) is 0 Å². The third-order valence-corrected chi connectivity index (χ3v) is 9.34. The van der Waals surface area contributed by atoms with Gasteiger partial charge in [-0.3, -0.25) is 4.79 Å². The molecule has 1 aliphatic rings. The molecule has 0 fully saturated rings. The number of rotatable bonds is 8. The fourth-order valence-electron chi connectivity index (χ4n) is 4.58. The fourth-order valence-corrected chi connectivity index (χ4v) is 5.92. The highest BCUT2D eigenvalue weighted by atomic mass is 35.5. The van der Waals surface area contributed by atoms with Crippen LogP contribution in [-0.2, 0) is 26.5 Å². The highest BCUT2D eigenvalue weighted by molar-refractivity contribution is 7.92. The number of nitrogens with one attached hydrogen (secondary N) is 3. The van der Waals surface area contributed by atoms with Crippen molar-refractivity contribution in [3.63, 3.8) is 0 Å². The lowest BCUT2D eigenvalue weighted by molar-refractivity contribution is -0.118. The third-order valence-electron chi connectivity index (χ3n) is 6.86. The van der Waals surface area contributed by atoms with E-state index in [9.17, 15) is 13.2 Å². The van der Waals surface area contributed by atoms with Crippen molar-refractivity contribution in [2.24, 2.45) is 5.10 Å². The Morgan fingerprint density at radius 1 is 1.12 bits per heavy atom. The Labute approximate surface area is 239 Å². The summed E-state index contributed by atoms with van der Waals surface area (Å²) < 4.78 is 31.5. The molecule has 40 heavy (non-hydrogen) atoms. The lowest BCUT2D eigenvalue weighted by atomic mass is 9.71. The van der Waals surface area contributed by atoms with Crippen LogP contribution in [0.4, 0.5) is 23.1 Å². The van der Waals surface area contributed by atoms with Gasteiger partial charge in [-0.25, -0.2) is 18.8 Å². The maximum atomic E-state index is 12.9. The molecule has 0 bridgehead atoms. The van der Waals surface area contributed by atoms with Gasteiger partial charge in [-0.1, -0.05) is 37.6 Å². The Bertz CT molecular complexity index is 1590. The number of benzene rings is 2. The topological polar surface area (TPSA) is 135 Å². The number of carbonyl (C=O) groups is 1. The number of aromatic nitrogens is 2. The van der Waals surface area contributed by atoms with Gasteiger partial charge in [0.2, 0.25) is 11.9 Å². The van der Waals surface area contributed by atoms with Crippen LogP contribution in [0.3, 0.4) is 0 Å². The molecular formula is C28H33ClN6O4S. The number of sulfone groups is 1. The van der Waals surface area contributed by atoms with E-state index in [1.165, 1.54) is 13.1 Å². The van der Waals surface area contributed by atoms with Gasteiger partial charge in [0.25, 0.3) is 0 Å². The minimum atomic E-state index is -3.55. The molecule has 3 aromatic rings. The Balaban J connectivity index is 1.66. The summed E-state index contributed by atoms with van der Waals surface area (Å²) in [5.41, 5.74) is 6.21. The van der Waals surface area contributed by atoms with E-state index in [4.69, 9.17) is 16.3 Å². The standard InChI is InChI=1S/C28H33ClN6O4S/c1-16(2)40(37,38)24-10-8-7-9-21(24)31-26-20(29)15-30-27(33-26)32-22-13-18-11-12-25(35-34-17(3)36)28(4,5)19(18)14-23(22)39-6/h7-10,13-16H,11-12H2,1-6H3,(H,34,36)(H2,30,31,32,33). The number of carbonyl (C=O) groups excluding carboxylic acids is 1. The molecule has 0 saturated carbocycles. The Hall–Kier alpha value is -3.70. The zero-order valence-corrected chi connectivity index (χ0v) is 24.9. The van der Waals surface area contributed by atoms with E-state index in [0.29, 0.717) is 23.5 Å². The second-order valence-electron chi connectivity index (χ2n) is 10.3. The molecule has 12 heteroatoms. The quantitative estimate of drug-likeness (QED) is 0.294.